The number of Topliss-reactive ketones (excluding diaryl/α,β-unsaturated/α-hetero) is 1. The molecule has 1 aliphatic rings. The first-order valence-electron chi connectivity index (χ1n) is 13.9. The maximum absolute atomic E-state index is 13.8. The van der Waals surface area contributed by atoms with Crippen LogP contribution in [0.5, 0.6) is 0 Å². The topological polar surface area (TPSA) is 85.2 Å². The number of alkyl halides is 3. The molecule has 1 saturated heterocycles. The van der Waals surface area contributed by atoms with Crippen molar-refractivity contribution in [2.75, 3.05) is 31.6 Å². The highest BCUT2D eigenvalue weighted by atomic mass is 19.4. The fraction of sp³-hybridized carbons (Fsp3) is 0.355. The molecular formula is C31H33F3N6O2. The van der Waals surface area contributed by atoms with E-state index in [4.69, 9.17) is 4.74 Å². The zero-order valence-corrected chi connectivity index (χ0v) is 23.8. The van der Waals surface area contributed by atoms with E-state index in [0.717, 1.165) is 41.2 Å². The molecule has 1 aliphatic heterocycles. The maximum atomic E-state index is 13.8. The second-order valence-corrected chi connectivity index (χ2v) is 10.5. The van der Waals surface area contributed by atoms with Crippen LogP contribution in [0.4, 0.5) is 24.7 Å². The molecule has 0 bridgehead atoms. The smallest absolute Gasteiger partial charge is 0.379 e. The highest BCUT2D eigenvalue weighted by Crippen LogP contribution is 2.32. The van der Waals surface area contributed by atoms with Gasteiger partial charge < -0.3 is 10.1 Å². The van der Waals surface area contributed by atoms with Crippen molar-refractivity contribution in [1.29, 1.82) is 0 Å². The number of ether oxygens (including phenoxy) is 1. The second-order valence-electron chi connectivity index (χ2n) is 10.5. The quantitative estimate of drug-likeness (QED) is 0.249. The van der Waals surface area contributed by atoms with Gasteiger partial charge in [0.05, 0.1) is 24.5 Å². The largest absolute Gasteiger partial charge is 0.416 e. The van der Waals surface area contributed by atoms with Crippen LogP contribution in [0, 0.1) is 13.8 Å². The van der Waals surface area contributed by atoms with Crippen LogP contribution in [0.15, 0.2) is 54.9 Å². The van der Waals surface area contributed by atoms with E-state index in [2.05, 4.69) is 20.4 Å². The molecule has 11 heteroatoms. The summed E-state index contributed by atoms with van der Waals surface area (Å²) in [5, 5.41) is 7.98. The first kappa shape index (κ1) is 29.4. The minimum Gasteiger partial charge on any atom is -0.379 e. The van der Waals surface area contributed by atoms with Crippen molar-refractivity contribution < 1.29 is 22.7 Å². The zero-order chi connectivity index (χ0) is 29.9. The Morgan fingerprint density at radius 3 is 2.52 bits per heavy atom. The highest BCUT2D eigenvalue weighted by Gasteiger charge is 2.32. The van der Waals surface area contributed by atoms with Crippen LogP contribution in [-0.2, 0) is 30.3 Å². The minimum absolute atomic E-state index is 0.0443. The number of anilines is 2. The van der Waals surface area contributed by atoms with E-state index in [1.807, 2.05) is 56.0 Å². The molecule has 42 heavy (non-hydrogen) atoms. The fourth-order valence-electron chi connectivity index (χ4n) is 4.92. The lowest BCUT2D eigenvalue weighted by molar-refractivity contribution is -0.137. The third kappa shape index (κ3) is 7.03. The Kier molecular flexibility index (Phi) is 8.69. The summed E-state index contributed by atoms with van der Waals surface area (Å²) in [6, 6.07) is 13.0. The highest BCUT2D eigenvalue weighted by molar-refractivity contribution is 5.98. The van der Waals surface area contributed by atoms with Gasteiger partial charge in [0, 0.05) is 55.1 Å². The summed E-state index contributed by atoms with van der Waals surface area (Å²) < 4.78 is 48.3. The third-order valence-electron chi connectivity index (χ3n) is 7.20. The van der Waals surface area contributed by atoms with Crippen molar-refractivity contribution in [3.05, 3.63) is 94.1 Å². The van der Waals surface area contributed by atoms with Crippen molar-refractivity contribution >= 4 is 17.3 Å². The van der Waals surface area contributed by atoms with Gasteiger partial charge in [-0.3, -0.25) is 9.69 Å². The lowest BCUT2D eigenvalue weighted by atomic mass is 9.97. The molecule has 3 heterocycles. The minimum atomic E-state index is -4.56. The van der Waals surface area contributed by atoms with Gasteiger partial charge in [-0.25, -0.2) is 9.97 Å². The molecule has 0 spiro atoms. The Labute approximate surface area is 242 Å². The Hall–Kier alpha value is -4.09. The van der Waals surface area contributed by atoms with Crippen LogP contribution in [-0.4, -0.2) is 56.7 Å². The Morgan fingerprint density at radius 2 is 1.79 bits per heavy atom. The molecule has 2 aromatic heterocycles. The standard InChI is InChI=1S/C31H33F3N6O2/c1-4-26-17-29(36-19-35-26)40-30(11-21(3)38-40)37-27-14-22(6-5-20(27)2)15-28(41)24-12-23(13-25(16-24)31(32,33)34)18-39-7-9-42-10-8-39/h5-6,11-14,16-17,19,37H,4,7-10,15,18H2,1-3H3. The van der Waals surface area contributed by atoms with E-state index in [0.29, 0.717) is 55.6 Å². The molecule has 4 aromatic rings. The molecule has 0 amide bonds. The summed E-state index contributed by atoms with van der Waals surface area (Å²) in [5.74, 6) is 0.928. The molecule has 0 radical (unpaired) electrons. The molecule has 2 aromatic carbocycles. The van der Waals surface area contributed by atoms with E-state index >= 15 is 0 Å². The van der Waals surface area contributed by atoms with Crippen LogP contribution in [0.2, 0.25) is 0 Å². The Bertz CT molecular complexity index is 1580. The molecule has 0 unspecified atom stereocenters. The van der Waals surface area contributed by atoms with Crippen molar-refractivity contribution in [3.63, 3.8) is 0 Å². The molecule has 0 aliphatic carbocycles. The number of carbonyl (C=O) groups is 1. The van der Waals surface area contributed by atoms with Gasteiger partial charge in [0.25, 0.3) is 0 Å². The summed E-state index contributed by atoms with van der Waals surface area (Å²) in [5.41, 5.74) is 3.73. The van der Waals surface area contributed by atoms with Crippen molar-refractivity contribution in [3.8, 4) is 5.82 Å². The number of halogens is 3. The summed E-state index contributed by atoms with van der Waals surface area (Å²) >= 11 is 0. The van der Waals surface area contributed by atoms with E-state index in [1.54, 1.807) is 10.7 Å². The predicted molar refractivity (Wildman–Crippen MR) is 153 cm³/mol. The molecule has 0 atom stereocenters. The predicted octanol–water partition coefficient (Wildman–Crippen LogP) is 5.86. The number of hydrogen-bond donors (Lipinski definition) is 1. The van der Waals surface area contributed by atoms with E-state index < -0.39 is 11.7 Å². The molecule has 8 nitrogen and oxygen atoms in total. The Morgan fingerprint density at radius 1 is 1.00 bits per heavy atom. The maximum Gasteiger partial charge on any atom is 0.416 e. The zero-order valence-electron chi connectivity index (χ0n) is 23.8. The number of morpholine rings is 1. The van der Waals surface area contributed by atoms with Crippen LogP contribution in [0.25, 0.3) is 5.82 Å². The average molecular weight is 579 g/mol. The van der Waals surface area contributed by atoms with Crippen LogP contribution >= 0.6 is 0 Å². The van der Waals surface area contributed by atoms with E-state index in [1.165, 1.54) is 6.33 Å². The van der Waals surface area contributed by atoms with Gasteiger partial charge >= 0.3 is 6.18 Å². The number of ketones is 1. The number of carbonyl (C=O) groups excluding carboxylic acids is 1. The van der Waals surface area contributed by atoms with E-state index in [9.17, 15) is 18.0 Å². The van der Waals surface area contributed by atoms with Gasteiger partial charge in [-0.05, 0) is 61.2 Å². The first-order chi connectivity index (χ1) is 20.1. The van der Waals surface area contributed by atoms with Gasteiger partial charge in [-0.1, -0.05) is 19.1 Å². The third-order valence-corrected chi connectivity index (χ3v) is 7.20. The van der Waals surface area contributed by atoms with Gasteiger partial charge in [0.15, 0.2) is 11.6 Å². The van der Waals surface area contributed by atoms with Gasteiger partial charge in [-0.2, -0.15) is 23.0 Å². The lowest BCUT2D eigenvalue weighted by Crippen LogP contribution is -2.35. The van der Waals surface area contributed by atoms with Crippen LogP contribution in [0.1, 0.15) is 50.9 Å². The molecule has 1 N–H and O–H groups in total. The molecule has 0 saturated carbocycles. The van der Waals surface area contributed by atoms with Crippen LogP contribution < -0.4 is 5.32 Å². The normalized spacial score (nSPS) is 14.2. The number of aromatic nitrogens is 4. The molecular weight excluding hydrogens is 545 g/mol. The number of nitrogens with one attached hydrogen (secondary N) is 1. The number of rotatable bonds is 9. The summed E-state index contributed by atoms with van der Waals surface area (Å²) in [6.45, 7) is 8.50. The molecule has 1 fully saturated rings. The van der Waals surface area contributed by atoms with Gasteiger partial charge in [0.2, 0.25) is 0 Å². The SMILES string of the molecule is CCc1cc(-n2nc(C)cc2Nc2cc(CC(=O)c3cc(CN4CCOCC4)cc(C(F)(F)F)c3)ccc2C)ncn1. The lowest BCUT2D eigenvalue weighted by Gasteiger charge is -2.27. The second kappa shape index (κ2) is 12.4. The number of nitrogens with zero attached hydrogens (tertiary/aromatic N) is 5. The summed E-state index contributed by atoms with van der Waals surface area (Å²) in [7, 11) is 0. The number of benzene rings is 2. The summed E-state index contributed by atoms with van der Waals surface area (Å²) in [4.78, 5) is 24.0. The monoisotopic (exact) mass is 578 g/mol. The van der Waals surface area contributed by atoms with Crippen molar-refractivity contribution in [2.45, 2.75) is 46.3 Å². The molecule has 220 valence electrons. The first-order valence-corrected chi connectivity index (χ1v) is 13.9. The Balaban J connectivity index is 1.39. The van der Waals surface area contributed by atoms with Gasteiger partial charge in [0.1, 0.15) is 12.1 Å². The van der Waals surface area contributed by atoms with Crippen molar-refractivity contribution in [2.24, 2.45) is 0 Å². The summed E-state index contributed by atoms with van der Waals surface area (Å²) in [6.07, 6.45) is -2.34. The average Bonchev–Trinajstić information content (AvgIpc) is 3.34. The van der Waals surface area contributed by atoms with Crippen molar-refractivity contribution in [1.82, 2.24) is 24.6 Å². The fourth-order valence-corrected chi connectivity index (χ4v) is 4.92. The van der Waals surface area contributed by atoms with E-state index in [-0.39, 0.29) is 17.8 Å². The number of aryl methyl sites for hydroxylation is 3. The van der Waals surface area contributed by atoms with Gasteiger partial charge in [-0.15, -0.1) is 0 Å². The molecule has 5 rings (SSSR count). The number of hydrogen-bond acceptors (Lipinski definition) is 7. The van der Waals surface area contributed by atoms with Crippen LogP contribution in [0.3, 0.4) is 0 Å².